The zero-order valence-electron chi connectivity index (χ0n) is 8.15. The molecule has 1 rings (SSSR count). The van der Waals surface area contributed by atoms with Crippen molar-refractivity contribution in [3.63, 3.8) is 0 Å². The molecule has 0 aromatic rings. The molecule has 0 amide bonds. The molecule has 0 aliphatic carbocycles. The van der Waals surface area contributed by atoms with Gasteiger partial charge in [0.05, 0.1) is 24.0 Å². The van der Waals surface area contributed by atoms with Crippen molar-refractivity contribution >= 4 is 15.8 Å². The van der Waals surface area contributed by atoms with E-state index >= 15 is 0 Å². The number of nitrogens with one attached hydrogen (secondary N) is 1. The second kappa shape index (κ2) is 4.75. The Labute approximate surface area is 83.7 Å². The van der Waals surface area contributed by atoms with Crippen molar-refractivity contribution in [2.45, 2.75) is 18.6 Å². The van der Waals surface area contributed by atoms with Gasteiger partial charge in [-0.15, -0.1) is 0 Å². The molecular weight excluding hydrogens is 206 g/mol. The molecule has 0 aromatic heterocycles. The maximum Gasteiger partial charge on any atom is 0.306 e. The van der Waals surface area contributed by atoms with Crippen LogP contribution in [0.25, 0.3) is 0 Å². The number of carbonyl (C=O) groups excluding carboxylic acids is 1. The third-order valence-electron chi connectivity index (χ3n) is 2.15. The lowest BCUT2D eigenvalue weighted by Crippen LogP contribution is -2.52. The fourth-order valence-electron chi connectivity index (χ4n) is 1.14. The Hall–Kier alpha value is -0.620. The first-order chi connectivity index (χ1) is 6.56. The molecule has 1 fully saturated rings. The summed E-state index contributed by atoms with van der Waals surface area (Å²) >= 11 is 0. The average molecular weight is 221 g/mol. The van der Waals surface area contributed by atoms with Gasteiger partial charge in [0, 0.05) is 13.1 Å². The van der Waals surface area contributed by atoms with E-state index in [0.29, 0.717) is 19.7 Å². The Bertz CT molecular complexity index is 294. The lowest BCUT2D eigenvalue weighted by atomic mass is 10.3. The van der Waals surface area contributed by atoms with E-state index in [2.05, 4.69) is 10.1 Å². The molecule has 1 saturated heterocycles. The average Bonchev–Trinajstić information content (AvgIpc) is 1.97. The number of hydrogen-bond acceptors (Lipinski definition) is 5. The molecule has 1 aliphatic rings. The summed E-state index contributed by atoms with van der Waals surface area (Å²) in [6.07, 6.45) is -0.0350. The van der Waals surface area contributed by atoms with Gasteiger partial charge >= 0.3 is 5.97 Å². The van der Waals surface area contributed by atoms with Gasteiger partial charge < -0.3 is 10.1 Å². The minimum atomic E-state index is -3.10. The van der Waals surface area contributed by atoms with Gasteiger partial charge in [-0.25, -0.2) is 8.42 Å². The number of esters is 1. The normalized spacial score (nSPS) is 17.5. The molecule has 5 nitrogen and oxygen atoms in total. The van der Waals surface area contributed by atoms with Gasteiger partial charge in [0.2, 0.25) is 0 Å². The van der Waals surface area contributed by atoms with Crippen molar-refractivity contribution in [2.75, 3.05) is 25.4 Å². The quantitative estimate of drug-likeness (QED) is 0.623. The van der Waals surface area contributed by atoms with Gasteiger partial charge in [-0.05, 0) is 6.92 Å². The van der Waals surface area contributed by atoms with E-state index in [-0.39, 0.29) is 17.4 Å². The minimum Gasteiger partial charge on any atom is -0.466 e. The van der Waals surface area contributed by atoms with E-state index in [1.807, 2.05) is 0 Å². The first kappa shape index (κ1) is 11.5. The van der Waals surface area contributed by atoms with Crippen LogP contribution in [-0.4, -0.2) is 45.1 Å². The predicted octanol–water partition coefficient (Wildman–Crippen LogP) is -0.674. The van der Waals surface area contributed by atoms with Crippen LogP contribution in [0, 0.1) is 0 Å². The first-order valence-electron chi connectivity index (χ1n) is 4.64. The lowest BCUT2D eigenvalue weighted by Gasteiger charge is -2.26. The zero-order chi connectivity index (χ0) is 10.6. The summed E-state index contributed by atoms with van der Waals surface area (Å²) in [5.41, 5.74) is 0. The summed E-state index contributed by atoms with van der Waals surface area (Å²) in [7, 11) is -3.10. The SMILES string of the molecule is CCOC(=O)CCS(=O)(=O)C1CNC1. The summed E-state index contributed by atoms with van der Waals surface area (Å²) < 4.78 is 27.6. The van der Waals surface area contributed by atoms with Crippen LogP contribution in [0.15, 0.2) is 0 Å². The smallest absolute Gasteiger partial charge is 0.306 e. The highest BCUT2D eigenvalue weighted by molar-refractivity contribution is 7.92. The van der Waals surface area contributed by atoms with Crippen LogP contribution < -0.4 is 5.32 Å². The predicted molar refractivity (Wildman–Crippen MR) is 51.7 cm³/mol. The first-order valence-corrected chi connectivity index (χ1v) is 6.35. The Kier molecular flexibility index (Phi) is 3.88. The third-order valence-corrected chi connectivity index (χ3v) is 4.27. The van der Waals surface area contributed by atoms with Crippen LogP contribution >= 0.6 is 0 Å². The molecule has 0 unspecified atom stereocenters. The van der Waals surface area contributed by atoms with Crippen LogP contribution in [-0.2, 0) is 19.4 Å². The summed E-state index contributed by atoms with van der Waals surface area (Å²) in [6.45, 7) is 3.00. The van der Waals surface area contributed by atoms with E-state index in [1.165, 1.54) is 0 Å². The fraction of sp³-hybridized carbons (Fsp3) is 0.875. The Balaban J connectivity index is 2.32. The van der Waals surface area contributed by atoms with Crippen molar-refractivity contribution in [1.29, 1.82) is 0 Å². The van der Waals surface area contributed by atoms with Crippen molar-refractivity contribution in [2.24, 2.45) is 0 Å². The van der Waals surface area contributed by atoms with E-state index in [4.69, 9.17) is 0 Å². The molecule has 0 radical (unpaired) electrons. The van der Waals surface area contributed by atoms with Gasteiger partial charge in [-0.1, -0.05) is 0 Å². The van der Waals surface area contributed by atoms with Crippen molar-refractivity contribution in [1.82, 2.24) is 5.32 Å². The third kappa shape index (κ3) is 2.95. The van der Waals surface area contributed by atoms with Crippen LogP contribution in [0.4, 0.5) is 0 Å². The highest BCUT2D eigenvalue weighted by atomic mass is 32.2. The van der Waals surface area contributed by atoms with Crippen LogP contribution in [0.1, 0.15) is 13.3 Å². The molecule has 0 spiro atoms. The largest absolute Gasteiger partial charge is 0.466 e. The molecule has 0 saturated carbocycles. The summed E-state index contributed by atoms with van der Waals surface area (Å²) in [5, 5.41) is 2.58. The molecule has 1 N–H and O–H groups in total. The molecule has 6 heteroatoms. The standard InChI is InChI=1S/C8H15NO4S/c1-2-13-8(10)3-4-14(11,12)7-5-9-6-7/h7,9H,2-6H2,1H3. The van der Waals surface area contributed by atoms with Crippen molar-refractivity contribution in [3.8, 4) is 0 Å². The van der Waals surface area contributed by atoms with E-state index in [0.717, 1.165) is 0 Å². The number of sulfone groups is 1. The second-order valence-corrected chi connectivity index (χ2v) is 5.60. The highest BCUT2D eigenvalue weighted by Crippen LogP contribution is 2.08. The van der Waals surface area contributed by atoms with Gasteiger partial charge in [0.25, 0.3) is 0 Å². The van der Waals surface area contributed by atoms with Crippen LogP contribution in [0.5, 0.6) is 0 Å². The zero-order valence-corrected chi connectivity index (χ0v) is 8.97. The maximum atomic E-state index is 11.5. The summed E-state index contributed by atoms with van der Waals surface area (Å²) in [6, 6.07) is 0. The highest BCUT2D eigenvalue weighted by Gasteiger charge is 2.31. The topological polar surface area (TPSA) is 72.5 Å². The van der Waals surface area contributed by atoms with Gasteiger partial charge in [-0.2, -0.15) is 0 Å². The van der Waals surface area contributed by atoms with Gasteiger partial charge in [0.1, 0.15) is 0 Å². The second-order valence-electron chi connectivity index (χ2n) is 3.20. The minimum absolute atomic E-state index is 0.0350. The monoisotopic (exact) mass is 221 g/mol. The van der Waals surface area contributed by atoms with Gasteiger partial charge in [0.15, 0.2) is 9.84 Å². The summed E-state index contributed by atoms with van der Waals surface area (Å²) in [4.78, 5) is 10.9. The number of ether oxygens (including phenoxy) is 1. The molecular formula is C8H15NO4S. The number of hydrogen-bond donors (Lipinski definition) is 1. The number of rotatable bonds is 5. The molecule has 1 heterocycles. The van der Waals surface area contributed by atoms with E-state index < -0.39 is 15.8 Å². The fourth-order valence-corrected chi connectivity index (χ4v) is 2.67. The maximum absolute atomic E-state index is 11.5. The molecule has 0 bridgehead atoms. The molecule has 0 atom stereocenters. The Morgan fingerprint density at radius 3 is 2.57 bits per heavy atom. The van der Waals surface area contributed by atoms with Crippen LogP contribution in [0.3, 0.4) is 0 Å². The number of carbonyl (C=O) groups is 1. The van der Waals surface area contributed by atoms with Crippen molar-refractivity contribution < 1.29 is 17.9 Å². The van der Waals surface area contributed by atoms with E-state index in [1.54, 1.807) is 6.92 Å². The molecule has 14 heavy (non-hydrogen) atoms. The molecule has 1 aliphatic heterocycles. The van der Waals surface area contributed by atoms with Crippen LogP contribution in [0.2, 0.25) is 0 Å². The molecule has 82 valence electrons. The molecule has 0 aromatic carbocycles. The van der Waals surface area contributed by atoms with Crippen molar-refractivity contribution in [3.05, 3.63) is 0 Å². The van der Waals surface area contributed by atoms with Gasteiger partial charge in [-0.3, -0.25) is 4.79 Å². The Morgan fingerprint density at radius 1 is 1.50 bits per heavy atom. The lowest BCUT2D eigenvalue weighted by molar-refractivity contribution is -0.142. The Morgan fingerprint density at radius 2 is 2.14 bits per heavy atom. The van der Waals surface area contributed by atoms with E-state index in [9.17, 15) is 13.2 Å². The summed E-state index contributed by atoms with van der Waals surface area (Å²) in [5.74, 6) is -0.540.